The van der Waals surface area contributed by atoms with E-state index in [9.17, 15) is 14.7 Å². The van der Waals surface area contributed by atoms with Gasteiger partial charge in [-0.2, -0.15) is 0 Å². The Labute approximate surface area is 126 Å². The van der Waals surface area contributed by atoms with Crippen molar-refractivity contribution in [1.29, 1.82) is 0 Å². The molecule has 0 radical (unpaired) electrons. The van der Waals surface area contributed by atoms with Gasteiger partial charge < -0.3 is 16.2 Å². The first-order valence-electron chi connectivity index (χ1n) is 8.22. The molecule has 5 heteroatoms. The number of carboxylic acids is 1. The number of rotatable bonds is 6. The van der Waals surface area contributed by atoms with Gasteiger partial charge in [-0.15, -0.1) is 0 Å². The van der Waals surface area contributed by atoms with E-state index in [-0.39, 0.29) is 17.9 Å². The minimum Gasteiger partial charge on any atom is -0.481 e. The Balaban J connectivity index is 1.89. The van der Waals surface area contributed by atoms with Gasteiger partial charge in [-0.3, -0.25) is 9.59 Å². The van der Waals surface area contributed by atoms with E-state index in [0.29, 0.717) is 25.8 Å². The van der Waals surface area contributed by atoms with Crippen molar-refractivity contribution in [2.75, 3.05) is 13.1 Å². The zero-order chi connectivity index (χ0) is 15.3. The molecule has 21 heavy (non-hydrogen) atoms. The maximum absolute atomic E-state index is 12.1. The van der Waals surface area contributed by atoms with E-state index in [1.165, 1.54) is 0 Å². The molecule has 0 aliphatic heterocycles. The van der Waals surface area contributed by atoms with E-state index < -0.39 is 11.4 Å². The molecule has 0 spiro atoms. The molecule has 0 aromatic heterocycles. The fraction of sp³-hybridized carbons (Fsp3) is 0.875. The van der Waals surface area contributed by atoms with Crippen LogP contribution in [0.4, 0.5) is 0 Å². The van der Waals surface area contributed by atoms with Crippen LogP contribution in [-0.2, 0) is 9.59 Å². The fourth-order valence-corrected chi connectivity index (χ4v) is 3.67. The first-order valence-corrected chi connectivity index (χ1v) is 8.22. The van der Waals surface area contributed by atoms with Gasteiger partial charge in [-0.05, 0) is 37.6 Å². The van der Waals surface area contributed by atoms with E-state index in [4.69, 9.17) is 5.73 Å². The molecule has 0 aromatic carbocycles. The summed E-state index contributed by atoms with van der Waals surface area (Å²) in [5.74, 6) is -0.799. The molecule has 0 bridgehead atoms. The molecule has 0 saturated heterocycles. The molecule has 2 fully saturated rings. The van der Waals surface area contributed by atoms with Gasteiger partial charge in [0.15, 0.2) is 0 Å². The highest BCUT2D eigenvalue weighted by molar-refractivity contribution is 5.79. The summed E-state index contributed by atoms with van der Waals surface area (Å²) in [6.07, 6.45) is 9.03. The second-order valence-corrected chi connectivity index (χ2v) is 7.01. The van der Waals surface area contributed by atoms with Crippen LogP contribution >= 0.6 is 0 Å². The van der Waals surface area contributed by atoms with Crippen molar-refractivity contribution in [3.63, 3.8) is 0 Å². The quantitative estimate of drug-likeness (QED) is 0.654. The molecular formula is C16H28N2O3. The van der Waals surface area contributed by atoms with E-state index in [2.05, 4.69) is 5.32 Å². The van der Waals surface area contributed by atoms with Gasteiger partial charge >= 0.3 is 5.97 Å². The first kappa shape index (κ1) is 16.3. The summed E-state index contributed by atoms with van der Waals surface area (Å²) in [6, 6.07) is 0. The van der Waals surface area contributed by atoms with Gasteiger partial charge in [0.2, 0.25) is 5.91 Å². The molecule has 2 saturated carbocycles. The predicted molar refractivity (Wildman–Crippen MR) is 80.7 cm³/mol. The third kappa shape index (κ3) is 3.76. The number of carboxylic acid groups (broad SMARTS) is 1. The Morgan fingerprint density at radius 1 is 1.00 bits per heavy atom. The molecule has 0 atom stereocenters. The highest BCUT2D eigenvalue weighted by atomic mass is 16.4. The van der Waals surface area contributed by atoms with Gasteiger partial charge in [0.1, 0.15) is 0 Å². The van der Waals surface area contributed by atoms with Crippen LogP contribution in [0.5, 0.6) is 0 Å². The van der Waals surface area contributed by atoms with E-state index in [1.807, 2.05) is 0 Å². The Bertz CT molecular complexity index is 377. The Morgan fingerprint density at radius 2 is 1.62 bits per heavy atom. The van der Waals surface area contributed by atoms with E-state index in [1.54, 1.807) is 0 Å². The van der Waals surface area contributed by atoms with Crippen molar-refractivity contribution in [1.82, 2.24) is 5.32 Å². The summed E-state index contributed by atoms with van der Waals surface area (Å²) in [6.45, 7) is 0.812. The lowest BCUT2D eigenvalue weighted by molar-refractivity contribution is -0.150. The molecule has 2 rings (SSSR count). The zero-order valence-electron chi connectivity index (χ0n) is 12.8. The summed E-state index contributed by atoms with van der Waals surface area (Å²) in [5, 5.41) is 12.5. The molecule has 0 aromatic rings. The predicted octanol–water partition coefficient (Wildman–Crippen LogP) is 2.05. The van der Waals surface area contributed by atoms with Crippen LogP contribution in [0.2, 0.25) is 0 Å². The maximum atomic E-state index is 12.1. The number of nitrogens with two attached hydrogens (primary N) is 1. The highest BCUT2D eigenvalue weighted by Crippen LogP contribution is 2.43. The lowest BCUT2D eigenvalue weighted by Gasteiger charge is -2.40. The maximum Gasteiger partial charge on any atom is 0.311 e. The van der Waals surface area contributed by atoms with Crippen molar-refractivity contribution in [2.24, 2.45) is 16.6 Å². The van der Waals surface area contributed by atoms with Gasteiger partial charge in [0, 0.05) is 13.0 Å². The minimum atomic E-state index is -0.762. The van der Waals surface area contributed by atoms with Gasteiger partial charge in [-0.25, -0.2) is 0 Å². The monoisotopic (exact) mass is 296 g/mol. The van der Waals surface area contributed by atoms with Crippen molar-refractivity contribution in [2.45, 2.75) is 64.2 Å². The number of amides is 1. The number of aliphatic carboxylic acids is 1. The molecule has 5 nitrogen and oxygen atoms in total. The smallest absolute Gasteiger partial charge is 0.311 e. The first-order chi connectivity index (χ1) is 10.0. The van der Waals surface area contributed by atoms with Crippen LogP contribution in [0.1, 0.15) is 64.2 Å². The lowest BCUT2D eigenvalue weighted by atomic mass is 9.66. The van der Waals surface area contributed by atoms with Crippen LogP contribution in [0.3, 0.4) is 0 Å². The molecule has 1 amide bonds. The third-order valence-corrected chi connectivity index (χ3v) is 5.52. The molecule has 120 valence electrons. The number of carbonyl (C=O) groups excluding carboxylic acids is 1. The summed E-state index contributed by atoms with van der Waals surface area (Å²) in [7, 11) is 0. The van der Waals surface area contributed by atoms with E-state index >= 15 is 0 Å². The highest BCUT2D eigenvalue weighted by Gasteiger charge is 2.41. The van der Waals surface area contributed by atoms with Gasteiger partial charge in [0.05, 0.1) is 5.41 Å². The van der Waals surface area contributed by atoms with Crippen molar-refractivity contribution in [3.05, 3.63) is 0 Å². The number of hydrogen-bond acceptors (Lipinski definition) is 3. The fourth-order valence-electron chi connectivity index (χ4n) is 3.67. The summed E-state index contributed by atoms with van der Waals surface area (Å²) in [5.41, 5.74) is 4.99. The zero-order valence-corrected chi connectivity index (χ0v) is 12.8. The van der Waals surface area contributed by atoms with Crippen molar-refractivity contribution in [3.8, 4) is 0 Å². The topological polar surface area (TPSA) is 92.4 Å². The molecule has 2 aliphatic carbocycles. The van der Waals surface area contributed by atoms with Crippen molar-refractivity contribution >= 4 is 11.9 Å². The number of nitrogens with one attached hydrogen (secondary N) is 1. The Hall–Kier alpha value is -1.10. The second kappa shape index (κ2) is 6.77. The standard InChI is InChI=1S/C16H28N2O3/c17-11-15(6-5-7-15)10-13(19)18-12-16(14(20)21)8-3-1-2-4-9-16/h1-12,17H2,(H,18,19)(H,20,21). The van der Waals surface area contributed by atoms with Gasteiger partial charge in [-0.1, -0.05) is 32.1 Å². The normalized spacial score (nSPS) is 23.7. The van der Waals surface area contributed by atoms with E-state index in [0.717, 1.165) is 44.9 Å². The van der Waals surface area contributed by atoms with Crippen LogP contribution in [0.25, 0.3) is 0 Å². The number of carbonyl (C=O) groups is 2. The summed E-state index contributed by atoms with van der Waals surface area (Å²) < 4.78 is 0. The molecule has 0 unspecified atom stereocenters. The Morgan fingerprint density at radius 3 is 2.05 bits per heavy atom. The van der Waals surface area contributed by atoms with Crippen LogP contribution in [0.15, 0.2) is 0 Å². The third-order valence-electron chi connectivity index (χ3n) is 5.52. The van der Waals surface area contributed by atoms with Crippen LogP contribution in [0, 0.1) is 10.8 Å². The Kier molecular flexibility index (Phi) is 5.25. The largest absolute Gasteiger partial charge is 0.481 e. The minimum absolute atomic E-state index is 0.0239. The molecule has 2 aliphatic rings. The number of hydrogen-bond donors (Lipinski definition) is 3. The molecular weight excluding hydrogens is 268 g/mol. The molecule has 0 heterocycles. The second-order valence-electron chi connectivity index (χ2n) is 7.01. The summed E-state index contributed by atoms with van der Waals surface area (Å²) in [4.78, 5) is 23.8. The average molecular weight is 296 g/mol. The van der Waals surface area contributed by atoms with Crippen molar-refractivity contribution < 1.29 is 14.7 Å². The average Bonchev–Trinajstić information content (AvgIpc) is 2.67. The lowest BCUT2D eigenvalue weighted by Crippen LogP contribution is -2.46. The molecule has 4 N–H and O–H groups in total. The van der Waals surface area contributed by atoms with Crippen LogP contribution < -0.4 is 11.1 Å². The summed E-state index contributed by atoms with van der Waals surface area (Å²) >= 11 is 0. The SMILES string of the molecule is NCC1(CC(=O)NCC2(C(=O)O)CCCCCC2)CCC1. The van der Waals surface area contributed by atoms with Crippen LogP contribution in [-0.4, -0.2) is 30.1 Å². The van der Waals surface area contributed by atoms with Gasteiger partial charge in [0.25, 0.3) is 0 Å².